The highest BCUT2D eigenvalue weighted by Crippen LogP contribution is 2.34. The summed E-state index contributed by atoms with van der Waals surface area (Å²) < 4.78 is 3.33. The molecule has 1 fully saturated rings. The number of hydrogen-bond donors (Lipinski definition) is 1. The number of nitrogens with zero attached hydrogens (tertiary/aromatic N) is 2. The van der Waals surface area contributed by atoms with Crippen molar-refractivity contribution in [3.63, 3.8) is 0 Å². The number of carboxylic acid groups (broad SMARTS) is 1. The Morgan fingerprint density at radius 1 is 1.48 bits per heavy atom. The molecule has 0 spiro atoms. The molecule has 4 nitrogen and oxygen atoms in total. The number of hydrogen-bond acceptors (Lipinski definition) is 3. The summed E-state index contributed by atoms with van der Waals surface area (Å²) >= 11 is 3.59. The van der Waals surface area contributed by atoms with Gasteiger partial charge in [-0.05, 0) is 59.5 Å². The first-order valence-electron chi connectivity index (χ1n) is 7.14. The van der Waals surface area contributed by atoms with Gasteiger partial charge in [0, 0.05) is 10.1 Å². The van der Waals surface area contributed by atoms with E-state index in [1.807, 2.05) is 0 Å². The number of aryl methyl sites for hydroxylation is 1. The van der Waals surface area contributed by atoms with Gasteiger partial charge < -0.3 is 9.67 Å². The van der Waals surface area contributed by atoms with E-state index in [-0.39, 0.29) is 5.75 Å². The van der Waals surface area contributed by atoms with Crippen LogP contribution in [0.25, 0.3) is 11.0 Å². The van der Waals surface area contributed by atoms with Gasteiger partial charge in [-0.2, -0.15) is 0 Å². The molecule has 1 aliphatic carbocycles. The van der Waals surface area contributed by atoms with Crippen LogP contribution in [0.4, 0.5) is 0 Å². The molecule has 2 aromatic rings. The fraction of sp³-hybridized carbons (Fsp3) is 0.467. The first-order chi connectivity index (χ1) is 10.1. The van der Waals surface area contributed by atoms with Crippen molar-refractivity contribution in [1.82, 2.24) is 9.55 Å². The highest BCUT2D eigenvalue weighted by atomic mass is 127. The van der Waals surface area contributed by atoms with Crippen molar-refractivity contribution in [3.05, 3.63) is 21.8 Å². The van der Waals surface area contributed by atoms with Gasteiger partial charge in [-0.15, -0.1) is 0 Å². The smallest absolute Gasteiger partial charge is 0.313 e. The van der Waals surface area contributed by atoms with Gasteiger partial charge >= 0.3 is 5.97 Å². The highest BCUT2D eigenvalue weighted by molar-refractivity contribution is 14.1. The fourth-order valence-electron chi connectivity index (χ4n) is 2.48. The lowest BCUT2D eigenvalue weighted by Gasteiger charge is -2.08. The Bertz CT molecular complexity index is 667. The van der Waals surface area contributed by atoms with Crippen molar-refractivity contribution in [2.45, 2.75) is 37.4 Å². The number of carbonyl (C=O) groups is 1. The largest absolute Gasteiger partial charge is 0.481 e. The first-order valence-corrected chi connectivity index (χ1v) is 9.20. The van der Waals surface area contributed by atoms with E-state index in [1.54, 1.807) is 0 Å². The third-order valence-electron chi connectivity index (χ3n) is 3.69. The lowest BCUT2D eigenvalue weighted by atomic mass is 10.2. The topological polar surface area (TPSA) is 55.1 Å². The summed E-state index contributed by atoms with van der Waals surface area (Å²) in [7, 11) is 0. The molecule has 1 aliphatic rings. The number of imidazole rings is 1. The molecule has 1 aromatic heterocycles. The minimum Gasteiger partial charge on any atom is -0.481 e. The minimum atomic E-state index is -0.800. The van der Waals surface area contributed by atoms with E-state index in [9.17, 15) is 4.79 Å². The summed E-state index contributed by atoms with van der Waals surface area (Å²) in [5.41, 5.74) is 2.07. The van der Waals surface area contributed by atoms with Crippen LogP contribution in [0.3, 0.4) is 0 Å². The van der Waals surface area contributed by atoms with Crippen LogP contribution in [-0.4, -0.2) is 26.4 Å². The third-order valence-corrected chi connectivity index (χ3v) is 5.32. The monoisotopic (exact) mass is 416 g/mol. The molecule has 0 atom stereocenters. The molecular weight excluding hydrogens is 399 g/mol. The van der Waals surface area contributed by atoms with Gasteiger partial charge in [-0.25, -0.2) is 4.98 Å². The maximum Gasteiger partial charge on any atom is 0.313 e. The van der Waals surface area contributed by atoms with E-state index in [4.69, 9.17) is 5.11 Å². The molecule has 3 rings (SSSR count). The molecule has 0 amide bonds. The van der Waals surface area contributed by atoms with Crippen LogP contribution in [0.5, 0.6) is 0 Å². The molecule has 0 aliphatic heterocycles. The summed E-state index contributed by atoms with van der Waals surface area (Å²) in [5.74, 6) is 0.185. The van der Waals surface area contributed by atoms with Crippen molar-refractivity contribution in [3.8, 4) is 0 Å². The van der Waals surface area contributed by atoms with Crippen LogP contribution in [0.15, 0.2) is 23.4 Å². The quantitative estimate of drug-likeness (QED) is 0.548. The second-order valence-electron chi connectivity index (χ2n) is 5.45. The maximum atomic E-state index is 10.8. The van der Waals surface area contributed by atoms with Crippen molar-refractivity contribution in [1.29, 1.82) is 0 Å². The van der Waals surface area contributed by atoms with Crippen molar-refractivity contribution < 1.29 is 9.90 Å². The molecule has 1 aromatic carbocycles. The molecule has 0 radical (unpaired) electrons. The predicted octanol–water partition coefficient (Wildman–Crippen LogP) is 4.01. The summed E-state index contributed by atoms with van der Waals surface area (Å²) in [6, 6.07) is 6.22. The number of halogens is 1. The molecule has 21 heavy (non-hydrogen) atoms. The van der Waals surface area contributed by atoms with Gasteiger partial charge in [-0.3, -0.25) is 4.79 Å². The first kappa shape index (κ1) is 15.1. The Morgan fingerprint density at radius 2 is 2.29 bits per heavy atom. The molecule has 1 saturated carbocycles. The number of aromatic nitrogens is 2. The maximum absolute atomic E-state index is 10.8. The van der Waals surface area contributed by atoms with E-state index in [0.717, 1.165) is 38.6 Å². The van der Waals surface area contributed by atoms with Crippen molar-refractivity contribution in [2.24, 2.45) is 5.92 Å². The summed E-state index contributed by atoms with van der Waals surface area (Å²) in [5, 5.41) is 9.71. The van der Waals surface area contributed by atoms with Gasteiger partial charge in [0.05, 0.1) is 16.8 Å². The normalized spacial score (nSPS) is 14.7. The zero-order valence-corrected chi connectivity index (χ0v) is 14.6. The zero-order chi connectivity index (χ0) is 14.8. The zero-order valence-electron chi connectivity index (χ0n) is 11.6. The minimum absolute atomic E-state index is 0.0586. The molecule has 112 valence electrons. The lowest BCUT2D eigenvalue weighted by Crippen LogP contribution is -2.04. The van der Waals surface area contributed by atoms with Crippen molar-refractivity contribution in [2.75, 3.05) is 5.75 Å². The van der Waals surface area contributed by atoms with Gasteiger partial charge in [0.2, 0.25) is 0 Å². The Balaban J connectivity index is 1.83. The van der Waals surface area contributed by atoms with Crippen LogP contribution in [0.1, 0.15) is 25.7 Å². The van der Waals surface area contributed by atoms with Crippen LogP contribution in [0.2, 0.25) is 0 Å². The van der Waals surface area contributed by atoms with Gasteiger partial charge in [-0.1, -0.05) is 24.6 Å². The Labute approximate surface area is 141 Å². The van der Waals surface area contributed by atoms with Gasteiger partial charge in [0.1, 0.15) is 0 Å². The predicted molar refractivity (Wildman–Crippen MR) is 92.8 cm³/mol. The lowest BCUT2D eigenvalue weighted by molar-refractivity contribution is -0.133. The van der Waals surface area contributed by atoms with E-state index >= 15 is 0 Å². The number of benzene rings is 1. The molecular formula is C15H17IN2O2S. The highest BCUT2D eigenvalue weighted by Gasteiger charge is 2.21. The summed E-state index contributed by atoms with van der Waals surface area (Å²) in [6.07, 6.45) is 5.17. The van der Waals surface area contributed by atoms with E-state index < -0.39 is 5.97 Å². The van der Waals surface area contributed by atoms with Crippen LogP contribution < -0.4 is 0 Å². The average Bonchev–Trinajstić information content (AvgIpc) is 3.19. The Kier molecular flexibility index (Phi) is 4.73. The number of aliphatic carboxylic acids is 1. The number of fused-ring (bicyclic) bond motifs is 1. The van der Waals surface area contributed by atoms with E-state index in [2.05, 4.69) is 50.3 Å². The molecule has 0 unspecified atom stereocenters. The van der Waals surface area contributed by atoms with Crippen molar-refractivity contribution >= 4 is 51.4 Å². The molecule has 0 bridgehead atoms. The number of carboxylic acids is 1. The van der Waals surface area contributed by atoms with Gasteiger partial charge in [0.25, 0.3) is 0 Å². The SMILES string of the molecule is O=C(O)CSc1nc2cc(I)ccc2n1CCCC1CC1. The van der Waals surface area contributed by atoms with Crippen LogP contribution in [0, 0.1) is 9.49 Å². The Hall–Kier alpha value is -0.760. The molecule has 1 N–H and O–H groups in total. The summed E-state index contributed by atoms with van der Waals surface area (Å²) in [4.78, 5) is 15.4. The third kappa shape index (κ3) is 3.91. The second-order valence-corrected chi connectivity index (χ2v) is 7.64. The average molecular weight is 416 g/mol. The summed E-state index contributed by atoms with van der Waals surface area (Å²) in [6.45, 7) is 0.926. The second kappa shape index (κ2) is 6.56. The molecule has 0 saturated heterocycles. The van der Waals surface area contributed by atoms with Crippen LogP contribution in [-0.2, 0) is 11.3 Å². The van der Waals surface area contributed by atoms with E-state index in [0.29, 0.717) is 0 Å². The Morgan fingerprint density at radius 3 is 3.00 bits per heavy atom. The number of thioether (sulfide) groups is 1. The van der Waals surface area contributed by atoms with Crippen LogP contribution >= 0.6 is 34.4 Å². The molecule has 6 heteroatoms. The van der Waals surface area contributed by atoms with Gasteiger partial charge in [0.15, 0.2) is 5.16 Å². The van der Waals surface area contributed by atoms with E-state index in [1.165, 1.54) is 31.0 Å². The molecule has 1 heterocycles. The standard InChI is InChI=1S/C15H17IN2O2S/c16-11-5-6-13-12(8-11)17-15(21-9-14(19)20)18(13)7-1-2-10-3-4-10/h5-6,8,10H,1-4,7,9H2,(H,19,20). The fourth-order valence-corrected chi connectivity index (χ4v) is 3.71. The number of rotatable bonds is 7.